The number of pyridine rings is 1. The van der Waals surface area contributed by atoms with Crippen molar-refractivity contribution in [2.24, 2.45) is 0 Å². The maximum atomic E-state index is 11.4. The van der Waals surface area contributed by atoms with Crippen LogP contribution >= 0.6 is 0 Å². The van der Waals surface area contributed by atoms with Gasteiger partial charge in [-0.15, -0.1) is 23.8 Å². The van der Waals surface area contributed by atoms with E-state index in [0.717, 1.165) is 61.4 Å². The van der Waals surface area contributed by atoms with E-state index >= 15 is 0 Å². The molecule has 1 N–H and O–H groups in total. The van der Waals surface area contributed by atoms with Crippen LogP contribution in [0.15, 0.2) is 170 Å². The van der Waals surface area contributed by atoms with Crippen LogP contribution in [-0.4, -0.2) is 19.6 Å². The number of nitrogens with zero attached hydrogens (tertiary/aromatic N) is 3. The monoisotopic (exact) mass is 957 g/mol. The van der Waals surface area contributed by atoms with Crippen molar-refractivity contribution in [2.75, 3.05) is 0 Å². The van der Waals surface area contributed by atoms with Crippen molar-refractivity contribution < 1.29 is 26.2 Å². The molecule has 0 radical (unpaired) electrons. The number of hydrogen-bond donors (Lipinski definition) is 1. The molecule has 4 nitrogen and oxygen atoms in total. The molecule has 296 valence electrons. The number of phenols is 1. The van der Waals surface area contributed by atoms with E-state index in [-0.39, 0.29) is 37.6 Å². The third kappa shape index (κ3) is 6.60. The number of benzene rings is 7. The number of aromatic hydroxyl groups is 1. The third-order valence-electron chi connectivity index (χ3n) is 12.0. The molecule has 0 saturated heterocycles. The Morgan fingerprint density at radius 1 is 0.567 bits per heavy atom. The van der Waals surface area contributed by atoms with Gasteiger partial charge in [-0.1, -0.05) is 173 Å². The van der Waals surface area contributed by atoms with E-state index in [1.807, 2.05) is 24.3 Å². The Morgan fingerprint density at radius 2 is 1.22 bits per heavy atom. The van der Waals surface area contributed by atoms with Crippen molar-refractivity contribution in [3.63, 3.8) is 0 Å². The molecule has 2 heterocycles. The molecule has 0 amide bonds. The first-order valence-corrected chi connectivity index (χ1v) is 20.3. The summed E-state index contributed by atoms with van der Waals surface area (Å²) in [5.74, 6) is 0.831. The van der Waals surface area contributed by atoms with Crippen LogP contribution in [0, 0.1) is 6.07 Å². The molecule has 1 aliphatic carbocycles. The fraction of sp³-hybridized carbons (Fsp3) is 0.127. The summed E-state index contributed by atoms with van der Waals surface area (Å²) in [5, 5.41) is 11.4. The molecule has 0 unspecified atom stereocenters. The van der Waals surface area contributed by atoms with Crippen molar-refractivity contribution >= 4 is 11.0 Å². The minimum Gasteiger partial charge on any atom is -0.507 e. The Bertz CT molecular complexity index is 3070. The number of rotatable bonds is 6. The Morgan fingerprint density at radius 3 is 1.95 bits per heavy atom. The zero-order valence-corrected chi connectivity index (χ0v) is 36.5. The Labute approximate surface area is 366 Å². The second kappa shape index (κ2) is 15.0. The minimum absolute atomic E-state index is 0. The normalized spacial score (nSPS) is 12.8. The van der Waals surface area contributed by atoms with Crippen molar-refractivity contribution in [3.05, 3.63) is 193 Å². The smallest absolute Gasteiger partial charge is 0.148 e. The summed E-state index contributed by atoms with van der Waals surface area (Å²) in [6.07, 6.45) is 2.06. The van der Waals surface area contributed by atoms with E-state index in [0.29, 0.717) is 11.4 Å². The van der Waals surface area contributed by atoms with Gasteiger partial charge in [0.25, 0.3) is 0 Å². The number of fused-ring (bicyclic) bond motifs is 4. The van der Waals surface area contributed by atoms with Gasteiger partial charge in [0.1, 0.15) is 11.6 Å². The predicted molar refractivity (Wildman–Crippen MR) is 243 cm³/mol. The number of hydrogen-bond acceptors (Lipinski definition) is 3. The molecule has 60 heavy (non-hydrogen) atoms. The van der Waals surface area contributed by atoms with E-state index in [1.54, 1.807) is 6.07 Å². The molecule has 10 rings (SSSR count). The largest absolute Gasteiger partial charge is 0.507 e. The fourth-order valence-corrected chi connectivity index (χ4v) is 8.83. The van der Waals surface area contributed by atoms with E-state index in [9.17, 15) is 5.11 Å². The maximum Gasteiger partial charge on any atom is 0.148 e. The van der Waals surface area contributed by atoms with Crippen LogP contribution in [0.4, 0.5) is 0 Å². The van der Waals surface area contributed by atoms with Gasteiger partial charge in [-0.05, 0) is 74.7 Å². The molecule has 5 heteroatoms. The van der Waals surface area contributed by atoms with E-state index in [2.05, 4.69) is 185 Å². The van der Waals surface area contributed by atoms with Crippen molar-refractivity contribution in [1.82, 2.24) is 14.5 Å². The van der Waals surface area contributed by atoms with E-state index in [4.69, 9.17) is 9.97 Å². The molecule has 0 fully saturated rings. The molecule has 0 spiro atoms. The van der Waals surface area contributed by atoms with Gasteiger partial charge in [-0.3, -0.25) is 9.55 Å². The zero-order valence-electron chi connectivity index (χ0n) is 34.3. The van der Waals surface area contributed by atoms with Gasteiger partial charge in [0, 0.05) is 43.9 Å². The van der Waals surface area contributed by atoms with Gasteiger partial charge in [0.15, 0.2) is 0 Å². The van der Waals surface area contributed by atoms with E-state index in [1.165, 1.54) is 27.8 Å². The third-order valence-corrected chi connectivity index (χ3v) is 12.0. The van der Waals surface area contributed by atoms with Crippen LogP contribution in [0.25, 0.3) is 83.9 Å². The van der Waals surface area contributed by atoms with Crippen molar-refractivity contribution in [3.8, 4) is 78.6 Å². The molecule has 7 aromatic carbocycles. The average molecular weight is 958 g/mol. The van der Waals surface area contributed by atoms with Gasteiger partial charge in [-0.2, -0.15) is 0 Å². The summed E-state index contributed by atoms with van der Waals surface area (Å²) in [6.45, 7) is 11.3. The Hall–Kier alpha value is -6.35. The Kier molecular flexibility index (Phi) is 9.80. The van der Waals surface area contributed by atoms with Crippen LogP contribution in [0.5, 0.6) is 5.75 Å². The summed E-state index contributed by atoms with van der Waals surface area (Å²) >= 11 is 0. The molecular weight excluding hydrogens is 914 g/mol. The summed E-state index contributed by atoms with van der Waals surface area (Å²) < 4.78 is 2.21. The van der Waals surface area contributed by atoms with Gasteiger partial charge in [-0.25, -0.2) is 4.98 Å². The summed E-state index contributed by atoms with van der Waals surface area (Å²) in [4.78, 5) is 10.6. The second-order valence-corrected chi connectivity index (χ2v) is 17.2. The number of imidazole rings is 1. The van der Waals surface area contributed by atoms with Crippen LogP contribution in [0.2, 0.25) is 0 Å². The molecule has 0 atom stereocenters. The van der Waals surface area contributed by atoms with E-state index < -0.39 is 0 Å². The molecule has 9 aromatic rings. The first-order valence-electron chi connectivity index (χ1n) is 20.3. The predicted octanol–water partition coefficient (Wildman–Crippen LogP) is 13.9. The first kappa shape index (κ1) is 39.1. The number of phenolic OH excluding ortho intramolecular Hbond substituents is 1. The molecule has 1 aliphatic rings. The van der Waals surface area contributed by atoms with Gasteiger partial charge >= 0.3 is 0 Å². The van der Waals surface area contributed by atoms with Crippen LogP contribution in [0.3, 0.4) is 0 Å². The van der Waals surface area contributed by atoms with Crippen LogP contribution in [0.1, 0.15) is 51.3 Å². The topological polar surface area (TPSA) is 50.9 Å². The van der Waals surface area contributed by atoms with Crippen molar-refractivity contribution in [2.45, 2.75) is 45.4 Å². The molecule has 0 saturated carbocycles. The standard InChI is InChI=1S/C55H44N3O.Pt/c1-54(2,3)40-27-28-49(44(32-40)36-19-10-7-11-20-36)58-50-25-16-23-41(52(50)57-53(58)43-22-13-15-26-51(43)59)38-29-37(35-17-8-6-9-18-35)30-39(31-38)48-33-45-42-21-12-14-24-46(42)55(4,5)47(45)34-56-48;/h6-30,32-34,59H,1-5H3;/q-1;. The molecule has 2 aromatic heterocycles. The molecular formula is C55H44N3OPt-. The second-order valence-electron chi connectivity index (χ2n) is 17.2. The van der Waals surface area contributed by atoms with Crippen LogP contribution < -0.4 is 0 Å². The van der Waals surface area contributed by atoms with Crippen molar-refractivity contribution in [1.29, 1.82) is 0 Å². The van der Waals surface area contributed by atoms with Gasteiger partial charge in [0.05, 0.1) is 22.3 Å². The van der Waals surface area contributed by atoms with Gasteiger partial charge in [0.2, 0.25) is 0 Å². The fourth-order valence-electron chi connectivity index (χ4n) is 8.83. The zero-order chi connectivity index (χ0) is 40.5. The summed E-state index contributed by atoms with van der Waals surface area (Å²) in [6, 6.07) is 60.8. The summed E-state index contributed by atoms with van der Waals surface area (Å²) in [7, 11) is 0. The maximum absolute atomic E-state index is 11.4. The number of aromatic nitrogens is 3. The molecule has 0 aliphatic heterocycles. The Balaban J connectivity index is 0.00000462. The average Bonchev–Trinajstić information content (AvgIpc) is 3.76. The minimum atomic E-state index is -0.134. The quantitative estimate of drug-likeness (QED) is 0.169. The summed E-state index contributed by atoms with van der Waals surface area (Å²) in [5.41, 5.74) is 17.5. The first-order chi connectivity index (χ1) is 28.6. The molecule has 0 bridgehead atoms. The number of para-hydroxylation sites is 2. The van der Waals surface area contributed by atoms with Crippen LogP contribution in [-0.2, 0) is 31.9 Å². The van der Waals surface area contributed by atoms with Gasteiger partial charge < -0.3 is 5.11 Å². The SMILES string of the molecule is CC(C)(C)c1ccc(-n2c(-c3ccccc3O)nc3c(-c4[c-]c(-c5cc6c(cn5)C(C)(C)c5ccccc5-6)cc(-c5ccccc5)c4)cccc32)c(-c2ccccc2)c1.[Pt].